The maximum absolute atomic E-state index is 4.26. The number of nitrogens with zero attached hydrogens (tertiary/aromatic N) is 4. The summed E-state index contributed by atoms with van der Waals surface area (Å²) in [5.74, 6) is 1.11. The van der Waals surface area contributed by atoms with Crippen LogP contribution in [0.3, 0.4) is 0 Å². The molecule has 6 heteroatoms. The molecule has 0 saturated carbocycles. The molecule has 0 bridgehead atoms. The lowest BCUT2D eigenvalue weighted by Crippen LogP contribution is -2.37. The number of thiazole rings is 1. The van der Waals surface area contributed by atoms with Crippen molar-refractivity contribution in [3.8, 4) is 0 Å². The average Bonchev–Trinajstić information content (AvgIpc) is 2.94. The summed E-state index contributed by atoms with van der Waals surface area (Å²) >= 11 is 1.76. The van der Waals surface area contributed by atoms with Gasteiger partial charge in [0, 0.05) is 30.1 Å². The van der Waals surface area contributed by atoms with Crippen molar-refractivity contribution in [2.45, 2.75) is 38.9 Å². The zero-order valence-corrected chi connectivity index (χ0v) is 10.6. The zero-order chi connectivity index (χ0) is 11.7. The van der Waals surface area contributed by atoms with Crippen molar-refractivity contribution < 1.29 is 0 Å². The highest BCUT2D eigenvalue weighted by atomic mass is 32.1. The lowest BCUT2D eigenvalue weighted by Gasteiger charge is -2.23. The van der Waals surface area contributed by atoms with Crippen LogP contribution in [0.15, 0.2) is 12.5 Å². The van der Waals surface area contributed by atoms with Crippen LogP contribution in [0.25, 0.3) is 0 Å². The number of hydrogen-bond donors (Lipinski definition) is 1. The van der Waals surface area contributed by atoms with E-state index in [2.05, 4.69) is 20.4 Å². The molecule has 1 N–H and O–H groups in total. The molecule has 3 rings (SSSR count). The minimum Gasteiger partial charge on any atom is -0.307 e. The summed E-state index contributed by atoms with van der Waals surface area (Å²) in [6.45, 7) is 3.86. The summed E-state index contributed by atoms with van der Waals surface area (Å²) in [5, 5.41) is 8.91. The van der Waals surface area contributed by atoms with E-state index in [1.807, 2.05) is 17.8 Å². The van der Waals surface area contributed by atoms with E-state index < -0.39 is 0 Å². The molecule has 0 amide bonds. The molecule has 90 valence electrons. The Morgan fingerprint density at radius 1 is 1.53 bits per heavy atom. The molecular formula is C11H15N5S. The number of nitrogens with one attached hydrogen (secondary N) is 1. The van der Waals surface area contributed by atoms with E-state index in [0.717, 1.165) is 36.8 Å². The van der Waals surface area contributed by atoms with Gasteiger partial charge < -0.3 is 5.32 Å². The normalized spacial score (nSPS) is 19.2. The molecule has 1 aliphatic rings. The molecule has 0 aromatic carbocycles. The highest BCUT2D eigenvalue weighted by Gasteiger charge is 2.19. The first kappa shape index (κ1) is 10.9. The van der Waals surface area contributed by atoms with Crippen LogP contribution in [-0.4, -0.2) is 25.8 Å². The third-order valence-electron chi connectivity index (χ3n) is 3.04. The Bertz CT molecular complexity index is 503. The van der Waals surface area contributed by atoms with Crippen LogP contribution in [-0.2, 0) is 19.5 Å². The van der Waals surface area contributed by atoms with Gasteiger partial charge in [0.2, 0.25) is 0 Å². The molecule has 0 aliphatic carbocycles. The number of aryl methyl sites for hydroxylation is 2. The Labute approximate surface area is 104 Å². The van der Waals surface area contributed by atoms with Gasteiger partial charge in [-0.1, -0.05) is 0 Å². The molecule has 17 heavy (non-hydrogen) atoms. The van der Waals surface area contributed by atoms with Gasteiger partial charge >= 0.3 is 0 Å². The van der Waals surface area contributed by atoms with Crippen LogP contribution in [0, 0.1) is 6.92 Å². The summed E-state index contributed by atoms with van der Waals surface area (Å²) in [6.07, 6.45) is 5.75. The fraction of sp³-hybridized carbons (Fsp3) is 0.545. The van der Waals surface area contributed by atoms with Gasteiger partial charge in [-0.15, -0.1) is 11.3 Å². The lowest BCUT2D eigenvalue weighted by molar-refractivity contribution is 0.359. The number of fused-ring (bicyclic) bond motifs is 1. The van der Waals surface area contributed by atoms with Gasteiger partial charge in [-0.3, -0.25) is 0 Å². The monoisotopic (exact) mass is 249 g/mol. The fourth-order valence-corrected chi connectivity index (χ4v) is 2.88. The molecule has 3 heterocycles. The standard InChI is InChI=1S/C11H15N5S/c1-8-12-4-10(17-8)5-13-9-2-3-11-14-7-15-16(11)6-9/h4,7,9,13H,2-3,5-6H2,1H3/t9-/m1/s1. The molecule has 1 aliphatic heterocycles. The predicted octanol–water partition coefficient (Wildman–Crippen LogP) is 1.15. The Kier molecular flexibility index (Phi) is 2.90. The zero-order valence-electron chi connectivity index (χ0n) is 9.76. The van der Waals surface area contributed by atoms with Gasteiger partial charge in [0.15, 0.2) is 0 Å². The van der Waals surface area contributed by atoms with E-state index in [9.17, 15) is 0 Å². The Hall–Kier alpha value is -1.27. The van der Waals surface area contributed by atoms with Crippen LogP contribution < -0.4 is 5.32 Å². The third-order valence-corrected chi connectivity index (χ3v) is 3.95. The predicted molar refractivity (Wildman–Crippen MR) is 65.8 cm³/mol. The number of aromatic nitrogens is 4. The van der Waals surface area contributed by atoms with Crippen molar-refractivity contribution in [2.75, 3.05) is 0 Å². The average molecular weight is 249 g/mol. The van der Waals surface area contributed by atoms with Crippen molar-refractivity contribution >= 4 is 11.3 Å². The first-order valence-corrected chi connectivity index (χ1v) is 6.64. The molecule has 0 unspecified atom stereocenters. The second-order valence-electron chi connectivity index (χ2n) is 4.32. The highest BCUT2D eigenvalue weighted by Crippen LogP contribution is 2.14. The molecule has 2 aromatic heterocycles. The van der Waals surface area contributed by atoms with Crippen molar-refractivity contribution in [2.24, 2.45) is 0 Å². The van der Waals surface area contributed by atoms with Gasteiger partial charge in [0.05, 0.1) is 11.6 Å². The Morgan fingerprint density at radius 2 is 2.47 bits per heavy atom. The van der Waals surface area contributed by atoms with E-state index in [1.54, 1.807) is 17.7 Å². The van der Waals surface area contributed by atoms with Gasteiger partial charge in [-0.2, -0.15) is 5.10 Å². The Balaban J connectivity index is 1.57. The van der Waals surface area contributed by atoms with Crippen LogP contribution >= 0.6 is 11.3 Å². The van der Waals surface area contributed by atoms with E-state index in [0.29, 0.717) is 6.04 Å². The van der Waals surface area contributed by atoms with Crippen LogP contribution in [0.4, 0.5) is 0 Å². The smallest absolute Gasteiger partial charge is 0.138 e. The number of hydrogen-bond acceptors (Lipinski definition) is 5. The van der Waals surface area contributed by atoms with Crippen molar-refractivity contribution in [1.29, 1.82) is 0 Å². The Morgan fingerprint density at radius 3 is 3.29 bits per heavy atom. The minimum atomic E-state index is 0.492. The van der Waals surface area contributed by atoms with E-state index >= 15 is 0 Å². The second-order valence-corrected chi connectivity index (χ2v) is 5.64. The van der Waals surface area contributed by atoms with Crippen molar-refractivity contribution in [1.82, 2.24) is 25.1 Å². The van der Waals surface area contributed by atoms with Crippen molar-refractivity contribution in [3.05, 3.63) is 28.2 Å². The highest BCUT2D eigenvalue weighted by molar-refractivity contribution is 7.11. The molecule has 0 fully saturated rings. The maximum Gasteiger partial charge on any atom is 0.138 e. The van der Waals surface area contributed by atoms with Crippen LogP contribution in [0.1, 0.15) is 22.1 Å². The molecule has 0 saturated heterocycles. The number of rotatable bonds is 3. The topological polar surface area (TPSA) is 55.6 Å². The molecule has 2 aromatic rings. The molecule has 1 atom stereocenters. The molecule has 0 spiro atoms. The van der Waals surface area contributed by atoms with Gasteiger partial charge in [0.1, 0.15) is 12.2 Å². The quantitative estimate of drug-likeness (QED) is 0.886. The summed E-state index contributed by atoms with van der Waals surface area (Å²) in [6, 6.07) is 0.492. The SMILES string of the molecule is Cc1ncc(CN[C@@H]2CCc3ncnn3C2)s1. The van der Waals surface area contributed by atoms with Gasteiger partial charge in [-0.05, 0) is 13.3 Å². The van der Waals surface area contributed by atoms with E-state index in [1.165, 1.54) is 4.88 Å². The van der Waals surface area contributed by atoms with E-state index in [4.69, 9.17) is 0 Å². The first-order chi connectivity index (χ1) is 8.31. The van der Waals surface area contributed by atoms with Crippen LogP contribution in [0.5, 0.6) is 0 Å². The third kappa shape index (κ3) is 2.37. The maximum atomic E-state index is 4.26. The summed E-state index contributed by atoms with van der Waals surface area (Å²) in [4.78, 5) is 9.79. The molecule has 0 radical (unpaired) electrons. The fourth-order valence-electron chi connectivity index (χ4n) is 2.14. The lowest BCUT2D eigenvalue weighted by atomic mass is 10.1. The second kappa shape index (κ2) is 4.54. The minimum absolute atomic E-state index is 0.492. The van der Waals surface area contributed by atoms with Crippen LogP contribution in [0.2, 0.25) is 0 Å². The molecule has 5 nitrogen and oxygen atoms in total. The largest absolute Gasteiger partial charge is 0.307 e. The summed E-state index contributed by atoms with van der Waals surface area (Å²) in [5.41, 5.74) is 0. The first-order valence-electron chi connectivity index (χ1n) is 5.82. The van der Waals surface area contributed by atoms with Gasteiger partial charge in [-0.25, -0.2) is 14.6 Å². The molecular weight excluding hydrogens is 234 g/mol. The van der Waals surface area contributed by atoms with Crippen molar-refractivity contribution in [3.63, 3.8) is 0 Å². The van der Waals surface area contributed by atoms with E-state index in [-0.39, 0.29) is 0 Å². The van der Waals surface area contributed by atoms with Gasteiger partial charge in [0.25, 0.3) is 0 Å². The summed E-state index contributed by atoms with van der Waals surface area (Å²) < 4.78 is 2.00. The summed E-state index contributed by atoms with van der Waals surface area (Å²) in [7, 11) is 0.